The van der Waals surface area contributed by atoms with Gasteiger partial charge < -0.3 is 20.1 Å². The second-order valence-electron chi connectivity index (χ2n) is 6.02. The zero-order chi connectivity index (χ0) is 17.0. The van der Waals surface area contributed by atoms with Gasteiger partial charge in [0.2, 0.25) is 5.91 Å². The lowest BCUT2D eigenvalue weighted by Gasteiger charge is -2.29. The number of nitrogens with one attached hydrogen (secondary N) is 1. The number of carboxylic acids is 1. The first-order chi connectivity index (χ1) is 10.8. The molecule has 0 spiro atoms. The third kappa shape index (κ3) is 4.00. The van der Waals surface area contributed by atoms with E-state index in [1.54, 1.807) is 18.2 Å². The lowest BCUT2D eigenvalue weighted by Crippen LogP contribution is -2.43. The van der Waals surface area contributed by atoms with Crippen molar-refractivity contribution in [3.05, 3.63) is 24.3 Å². The SMILES string of the molecule is CC(C)(CNC(=O)CCN1C(=O)COc2ccccc21)C(=O)O. The number of fused-ring (bicyclic) bond motifs is 1. The molecule has 7 nitrogen and oxygen atoms in total. The lowest BCUT2D eigenvalue weighted by molar-refractivity contribution is -0.146. The standard InChI is InChI=1S/C16H20N2O5/c1-16(2,15(21)22)10-17-13(19)7-8-18-11-5-3-4-6-12(11)23-9-14(18)20/h3-6H,7-10H2,1-2H3,(H,17,19)(H,21,22). The molecule has 1 heterocycles. The Balaban J connectivity index is 1.92. The van der Waals surface area contributed by atoms with Crippen molar-refractivity contribution in [2.45, 2.75) is 20.3 Å². The number of aliphatic carboxylic acids is 1. The molecule has 1 aliphatic heterocycles. The molecule has 0 unspecified atom stereocenters. The first-order valence-corrected chi connectivity index (χ1v) is 7.33. The zero-order valence-electron chi connectivity index (χ0n) is 13.2. The highest BCUT2D eigenvalue weighted by Crippen LogP contribution is 2.31. The summed E-state index contributed by atoms with van der Waals surface area (Å²) in [6, 6.07) is 7.14. The maximum Gasteiger partial charge on any atom is 0.310 e. The third-order valence-corrected chi connectivity index (χ3v) is 3.68. The highest BCUT2D eigenvalue weighted by molar-refractivity contribution is 5.98. The number of carboxylic acid groups (broad SMARTS) is 1. The second kappa shape index (κ2) is 6.68. The summed E-state index contributed by atoms with van der Waals surface area (Å²) < 4.78 is 5.33. The van der Waals surface area contributed by atoms with Crippen LogP contribution < -0.4 is 15.0 Å². The van der Waals surface area contributed by atoms with Crippen LogP contribution in [-0.4, -0.2) is 42.6 Å². The molecule has 1 aliphatic rings. The normalized spacial score (nSPS) is 14.0. The topological polar surface area (TPSA) is 95.9 Å². The van der Waals surface area contributed by atoms with Gasteiger partial charge in [0.05, 0.1) is 11.1 Å². The van der Waals surface area contributed by atoms with Crippen molar-refractivity contribution in [2.24, 2.45) is 5.41 Å². The van der Waals surface area contributed by atoms with E-state index in [0.29, 0.717) is 11.4 Å². The quantitative estimate of drug-likeness (QED) is 0.816. The van der Waals surface area contributed by atoms with E-state index < -0.39 is 11.4 Å². The third-order valence-electron chi connectivity index (χ3n) is 3.68. The summed E-state index contributed by atoms with van der Waals surface area (Å²) in [6.07, 6.45) is 0.0930. The van der Waals surface area contributed by atoms with E-state index in [2.05, 4.69) is 5.32 Å². The average Bonchev–Trinajstić information content (AvgIpc) is 2.52. The first-order valence-electron chi connectivity index (χ1n) is 7.33. The number of ether oxygens (including phenoxy) is 1. The molecule has 2 amide bonds. The van der Waals surface area contributed by atoms with Crippen molar-refractivity contribution < 1.29 is 24.2 Å². The Morgan fingerprint density at radius 2 is 2.04 bits per heavy atom. The summed E-state index contributed by atoms with van der Waals surface area (Å²) in [5, 5.41) is 11.6. The summed E-state index contributed by atoms with van der Waals surface area (Å²) in [5.41, 5.74) is -0.390. The van der Waals surface area contributed by atoms with Crippen LogP contribution in [0.3, 0.4) is 0 Å². The molecule has 0 radical (unpaired) electrons. The average molecular weight is 320 g/mol. The Morgan fingerprint density at radius 1 is 1.35 bits per heavy atom. The maximum atomic E-state index is 12.0. The van der Waals surface area contributed by atoms with Gasteiger partial charge in [0.15, 0.2) is 6.61 Å². The Bertz CT molecular complexity index is 627. The van der Waals surface area contributed by atoms with Gasteiger partial charge in [0, 0.05) is 19.5 Å². The van der Waals surface area contributed by atoms with E-state index in [1.165, 1.54) is 18.7 Å². The summed E-state index contributed by atoms with van der Waals surface area (Å²) in [5.74, 6) is -0.868. The minimum Gasteiger partial charge on any atom is -0.482 e. The van der Waals surface area contributed by atoms with Gasteiger partial charge in [0.1, 0.15) is 5.75 Å². The molecule has 2 N–H and O–H groups in total. The number of hydrogen-bond donors (Lipinski definition) is 2. The van der Waals surface area contributed by atoms with Crippen molar-refractivity contribution in [3.63, 3.8) is 0 Å². The Hall–Kier alpha value is -2.57. The van der Waals surface area contributed by atoms with Crippen molar-refractivity contribution >= 4 is 23.5 Å². The summed E-state index contributed by atoms with van der Waals surface area (Å²) in [4.78, 5) is 36.4. The van der Waals surface area contributed by atoms with Crippen molar-refractivity contribution in [2.75, 3.05) is 24.6 Å². The minimum atomic E-state index is -1.03. The number of hydrogen-bond acceptors (Lipinski definition) is 4. The van der Waals surface area contributed by atoms with Gasteiger partial charge in [-0.05, 0) is 26.0 Å². The number of rotatable bonds is 6. The van der Waals surface area contributed by atoms with Crippen LogP contribution in [0.5, 0.6) is 5.75 Å². The number of amides is 2. The van der Waals surface area contributed by atoms with Crippen LogP contribution in [0.1, 0.15) is 20.3 Å². The fraction of sp³-hybridized carbons (Fsp3) is 0.438. The molecule has 124 valence electrons. The summed E-state index contributed by atoms with van der Waals surface area (Å²) in [6.45, 7) is 3.28. The van der Waals surface area contributed by atoms with E-state index in [0.717, 1.165) is 0 Å². The Morgan fingerprint density at radius 3 is 2.74 bits per heavy atom. The van der Waals surface area contributed by atoms with E-state index in [4.69, 9.17) is 9.84 Å². The van der Waals surface area contributed by atoms with Crippen LogP contribution in [0.4, 0.5) is 5.69 Å². The number of nitrogens with zero attached hydrogens (tertiary/aromatic N) is 1. The molecular weight excluding hydrogens is 300 g/mol. The molecular formula is C16H20N2O5. The lowest BCUT2D eigenvalue weighted by atomic mass is 9.94. The summed E-state index contributed by atoms with van der Waals surface area (Å²) in [7, 11) is 0. The zero-order valence-corrected chi connectivity index (χ0v) is 13.2. The predicted octanol–water partition coefficient (Wildman–Crippen LogP) is 1.03. The smallest absolute Gasteiger partial charge is 0.310 e. The molecule has 0 aromatic heterocycles. The minimum absolute atomic E-state index is 0.0365. The van der Waals surface area contributed by atoms with Crippen LogP contribution in [-0.2, 0) is 14.4 Å². The molecule has 2 rings (SSSR count). The fourth-order valence-electron chi connectivity index (χ4n) is 2.10. The van der Waals surface area contributed by atoms with Gasteiger partial charge >= 0.3 is 5.97 Å². The molecule has 0 aliphatic carbocycles. The van der Waals surface area contributed by atoms with Crippen molar-refractivity contribution in [1.82, 2.24) is 5.32 Å². The number of carbonyl (C=O) groups excluding carboxylic acids is 2. The summed E-state index contributed by atoms with van der Waals surface area (Å²) >= 11 is 0. The molecule has 1 aromatic carbocycles. The van der Waals surface area contributed by atoms with Crippen LogP contribution in [0.2, 0.25) is 0 Å². The molecule has 7 heteroatoms. The predicted molar refractivity (Wildman–Crippen MR) is 83.3 cm³/mol. The molecule has 23 heavy (non-hydrogen) atoms. The molecule has 0 fully saturated rings. The fourth-order valence-corrected chi connectivity index (χ4v) is 2.10. The van der Waals surface area contributed by atoms with Gasteiger partial charge in [-0.3, -0.25) is 14.4 Å². The molecule has 0 saturated heterocycles. The number of para-hydroxylation sites is 2. The van der Waals surface area contributed by atoms with E-state index in [9.17, 15) is 14.4 Å². The Kier molecular flexibility index (Phi) is 4.88. The van der Waals surface area contributed by atoms with E-state index in [-0.39, 0.29) is 37.9 Å². The molecule has 0 saturated carbocycles. The number of benzene rings is 1. The highest BCUT2D eigenvalue weighted by Gasteiger charge is 2.28. The first kappa shape index (κ1) is 16.8. The largest absolute Gasteiger partial charge is 0.482 e. The number of carbonyl (C=O) groups is 3. The monoisotopic (exact) mass is 320 g/mol. The van der Waals surface area contributed by atoms with Gasteiger partial charge in [-0.15, -0.1) is 0 Å². The van der Waals surface area contributed by atoms with Crippen LogP contribution in [0, 0.1) is 5.41 Å². The van der Waals surface area contributed by atoms with Gasteiger partial charge in [-0.25, -0.2) is 0 Å². The van der Waals surface area contributed by atoms with Crippen molar-refractivity contribution in [3.8, 4) is 5.75 Å². The molecule has 1 aromatic rings. The maximum absolute atomic E-state index is 12.0. The second-order valence-corrected chi connectivity index (χ2v) is 6.02. The van der Waals surface area contributed by atoms with Gasteiger partial charge in [-0.1, -0.05) is 12.1 Å². The van der Waals surface area contributed by atoms with Crippen LogP contribution in [0.15, 0.2) is 24.3 Å². The number of anilines is 1. The van der Waals surface area contributed by atoms with Gasteiger partial charge in [0.25, 0.3) is 5.91 Å². The molecule has 0 bridgehead atoms. The van der Waals surface area contributed by atoms with Crippen LogP contribution >= 0.6 is 0 Å². The Labute approximate surface area is 134 Å². The van der Waals surface area contributed by atoms with Crippen LogP contribution in [0.25, 0.3) is 0 Å². The molecule has 0 atom stereocenters. The van der Waals surface area contributed by atoms with E-state index in [1.807, 2.05) is 6.07 Å². The highest BCUT2D eigenvalue weighted by atomic mass is 16.5. The van der Waals surface area contributed by atoms with Crippen molar-refractivity contribution in [1.29, 1.82) is 0 Å². The van der Waals surface area contributed by atoms with Gasteiger partial charge in [-0.2, -0.15) is 0 Å². The van der Waals surface area contributed by atoms with E-state index >= 15 is 0 Å².